The Kier molecular flexibility index (Phi) is 4.96. The van der Waals surface area contributed by atoms with E-state index in [1.807, 2.05) is 6.92 Å². The molecule has 0 unspecified atom stereocenters. The zero-order valence-electron chi connectivity index (χ0n) is 10.8. The van der Waals surface area contributed by atoms with Gasteiger partial charge in [0.25, 0.3) is 0 Å². The van der Waals surface area contributed by atoms with Crippen LogP contribution in [0.15, 0.2) is 24.3 Å². The van der Waals surface area contributed by atoms with E-state index in [2.05, 4.69) is 34.5 Å². The molecule has 0 saturated carbocycles. The minimum absolute atomic E-state index is 0.784. The molecule has 1 aromatic carbocycles. The molecule has 18 heavy (non-hydrogen) atoms. The second-order valence-electron chi connectivity index (χ2n) is 4.41. The molecule has 0 bridgehead atoms. The first-order chi connectivity index (χ1) is 8.81. The van der Waals surface area contributed by atoms with Gasteiger partial charge in [-0.25, -0.2) is 0 Å². The number of nitrogens with zero attached hydrogens (tertiary/aromatic N) is 1. The number of nitrogens with one attached hydrogen (secondary N) is 1. The van der Waals surface area contributed by atoms with E-state index in [4.69, 9.17) is 17.0 Å². The summed E-state index contributed by atoms with van der Waals surface area (Å²) in [6.45, 7) is 6.32. The van der Waals surface area contributed by atoms with Crippen molar-refractivity contribution >= 4 is 17.3 Å². The molecule has 1 aromatic rings. The van der Waals surface area contributed by atoms with Crippen LogP contribution in [0.1, 0.15) is 24.5 Å². The topological polar surface area (TPSA) is 24.5 Å². The summed E-state index contributed by atoms with van der Waals surface area (Å²) >= 11 is 5.41. The van der Waals surface area contributed by atoms with Crippen LogP contribution in [0.3, 0.4) is 0 Å². The highest BCUT2D eigenvalue weighted by molar-refractivity contribution is 7.80. The van der Waals surface area contributed by atoms with E-state index in [-0.39, 0.29) is 0 Å². The van der Waals surface area contributed by atoms with Crippen molar-refractivity contribution < 1.29 is 4.74 Å². The summed E-state index contributed by atoms with van der Waals surface area (Å²) in [6.07, 6.45) is 0.995. The Morgan fingerprint density at radius 3 is 2.61 bits per heavy atom. The maximum atomic E-state index is 5.41. The second kappa shape index (κ2) is 6.71. The monoisotopic (exact) mass is 264 g/mol. The van der Waals surface area contributed by atoms with Gasteiger partial charge in [-0.15, -0.1) is 0 Å². The quantitative estimate of drug-likeness (QED) is 0.651. The van der Waals surface area contributed by atoms with Crippen LogP contribution in [-0.2, 0) is 17.8 Å². The van der Waals surface area contributed by atoms with Crippen molar-refractivity contribution in [2.75, 3.05) is 19.8 Å². The van der Waals surface area contributed by atoms with E-state index >= 15 is 0 Å². The number of ether oxygens (including phenoxy) is 1. The maximum absolute atomic E-state index is 5.41. The van der Waals surface area contributed by atoms with Crippen LogP contribution in [0.2, 0.25) is 0 Å². The molecule has 3 nitrogen and oxygen atoms in total. The van der Waals surface area contributed by atoms with Crippen LogP contribution in [0.5, 0.6) is 0 Å². The van der Waals surface area contributed by atoms with Crippen LogP contribution in [0.4, 0.5) is 0 Å². The molecule has 0 atom stereocenters. The highest BCUT2D eigenvalue weighted by Gasteiger charge is 2.19. The van der Waals surface area contributed by atoms with Crippen LogP contribution in [-0.4, -0.2) is 29.8 Å². The van der Waals surface area contributed by atoms with Crippen molar-refractivity contribution in [2.24, 2.45) is 0 Å². The predicted octanol–water partition coefficient (Wildman–Crippen LogP) is 2.30. The van der Waals surface area contributed by atoms with E-state index in [1.165, 1.54) is 11.1 Å². The summed E-state index contributed by atoms with van der Waals surface area (Å²) in [5, 5.41) is 4.15. The summed E-state index contributed by atoms with van der Waals surface area (Å²) in [4.78, 5) is 2.21. The molecule has 4 heteroatoms. The Balaban J connectivity index is 1.72. The number of fused-ring (bicyclic) bond motifs is 1. The molecule has 0 spiro atoms. The highest BCUT2D eigenvalue weighted by atomic mass is 32.1. The van der Waals surface area contributed by atoms with Crippen LogP contribution in [0, 0.1) is 0 Å². The van der Waals surface area contributed by atoms with Gasteiger partial charge in [-0.05, 0) is 36.7 Å². The normalized spacial score (nSPS) is 13.5. The van der Waals surface area contributed by atoms with Gasteiger partial charge < -0.3 is 15.0 Å². The van der Waals surface area contributed by atoms with Gasteiger partial charge in [0.15, 0.2) is 5.11 Å². The molecule has 1 heterocycles. The number of hydrogen-bond acceptors (Lipinski definition) is 2. The van der Waals surface area contributed by atoms with Gasteiger partial charge in [-0.1, -0.05) is 24.3 Å². The van der Waals surface area contributed by atoms with Crippen molar-refractivity contribution in [2.45, 2.75) is 26.4 Å². The molecule has 0 aliphatic carbocycles. The standard InChI is InChI=1S/C14H20N2OS/c1-2-17-9-5-8-15-14(18)16-10-12-6-3-4-7-13(12)11-16/h3-4,6-7H,2,5,8-11H2,1H3,(H,15,18). The molecule has 1 N–H and O–H groups in total. The Morgan fingerprint density at radius 1 is 1.33 bits per heavy atom. The third-order valence-corrected chi connectivity index (χ3v) is 3.48. The Morgan fingerprint density at radius 2 is 2.00 bits per heavy atom. The summed E-state index contributed by atoms with van der Waals surface area (Å²) in [6, 6.07) is 8.52. The lowest BCUT2D eigenvalue weighted by Gasteiger charge is -2.19. The van der Waals surface area contributed by atoms with Crippen molar-refractivity contribution in [3.8, 4) is 0 Å². The molecule has 1 aliphatic rings. The van der Waals surface area contributed by atoms with Crippen molar-refractivity contribution in [3.63, 3.8) is 0 Å². The van der Waals surface area contributed by atoms with Crippen molar-refractivity contribution in [3.05, 3.63) is 35.4 Å². The van der Waals surface area contributed by atoms with Gasteiger partial charge >= 0.3 is 0 Å². The number of benzene rings is 1. The zero-order valence-corrected chi connectivity index (χ0v) is 11.6. The third kappa shape index (κ3) is 3.43. The van der Waals surface area contributed by atoms with Gasteiger partial charge in [0.1, 0.15) is 0 Å². The molecular formula is C14H20N2OS. The summed E-state index contributed by atoms with van der Waals surface area (Å²) in [5.74, 6) is 0. The fraction of sp³-hybridized carbons (Fsp3) is 0.500. The lowest BCUT2D eigenvalue weighted by atomic mass is 10.1. The second-order valence-corrected chi connectivity index (χ2v) is 4.79. The molecule has 1 aliphatic heterocycles. The average molecular weight is 264 g/mol. The molecule has 98 valence electrons. The lowest BCUT2D eigenvalue weighted by Crippen LogP contribution is -2.36. The third-order valence-electron chi connectivity index (χ3n) is 3.07. The van der Waals surface area contributed by atoms with Gasteiger partial charge in [0, 0.05) is 32.8 Å². The predicted molar refractivity (Wildman–Crippen MR) is 77.4 cm³/mol. The van der Waals surface area contributed by atoms with Crippen LogP contribution in [0.25, 0.3) is 0 Å². The van der Waals surface area contributed by atoms with Gasteiger partial charge in [-0.3, -0.25) is 0 Å². The van der Waals surface area contributed by atoms with Gasteiger partial charge in [0.2, 0.25) is 0 Å². The highest BCUT2D eigenvalue weighted by Crippen LogP contribution is 2.21. The van der Waals surface area contributed by atoms with Gasteiger partial charge in [0.05, 0.1) is 0 Å². The minimum Gasteiger partial charge on any atom is -0.382 e. The van der Waals surface area contributed by atoms with E-state index in [9.17, 15) is 0 Å². The molecular weight excluding hydrogens is 244 g/mol. The van der Waals surface area contributed by atoms with Crippen molar-refractivity contribution in [1.82, 2.24) is 10.2 Å². The van der Waals surface area contributed by atoms with E-state index < -0.39 is 0 Å². The number of rotatable bonds is 5. The molecule has 0 saturated heterocycles. The van der Waals surface area contributed by atoms with E-state index in [0.29, 0.717) is 0 Å². The van der Waals surface area contributed by atoms with Crippen LogP contribution >= 0.6 is 12.2 Å². The lowest BCUT2D eigenvalue weighted by molar-refractivity contribution is 0.145. The molecule has 2 rings (SSSR count). The SMILES string of the molecule is CCOCCCNC(=S)N1Cc2ccccc2C1. The summed E-state index contributed by atoms with van der Waals surface area (Å²) < 4.78 is 5.29. The Bertz CT molecular complexity index is 384. The van der Waals surface area contributed by atoms with E-state index in [0.717, 1.165) is 44.4 Å². The largest absolute Gasteiger partial charge is 0.382 e. The Hall–Kier alpha value is -1.13. The zero-order chi connectivity index (χ0) is 12.8. The minimum atomic E-state index is 0.784. The number of hydrogen-bond donors (Lipinski definition) is 1. The van der Waals surface area contributed by atoms with Gasteiger partial charge in [-0.2, -0.15) is 0 Å². The number of thiocarbonyl (C=S) groups is 1. The average Bonchev–Trinajstić information content (AvgIpc) is 2.82. The maximum Gasteiger partial charge on any atom is 0.169 e. The molecule has 0 radical (unpaired) electrons. The van der Waals surface area contributed by atoms with Crippen LogP contribution < -0.4 is 5.32 Å². The summed E-state index contributed by atoms with van der Waals surface area (Å²) in [7, 11) is 0. The molecule has 0 amide bonds. The van der Waals surface area contributed by atoms with E-state index in [1.54, 1.807) is 0 Å². The molecule has 0 aromatic heterocycles. The Labute approximate surface area is 114 Å². The first kappa shape index (κ1) is 13.3. The first-order valence-corrected chi connectivity index (χ1v) is 6.89. The fourth-order valence-corrected chi connectivity index (χ4v) is 2.33. The summed E-state index contributed by atoms with van der Waals surface area (Å²) in [5.41, 5.74) is 2.77. The smallest absolute Gasteiger partial charge is 0.169 e. The van der Waals surface area contributed by atoms with Crippen molar-refractivity contribution in [1.29, 1.82) is 0 Å². The fourth-order valence-electron chi connectivity index (χ4n) is 2.10. The molecule has 0 fully saturated rings. The first-order valence-electron chi connectivity index (χ1n) is 6.48.